The molecule has 2 heterocycles. The lowest BCUT2D eigenvalue weighted by Crippen LogP contribution is -2.17. The van der Waals surface area contributed by atoms with Gasteiger partial charge in [0.1, 0.15) is 0 Å². The first-order valence-electron chi connectivity index (χ1n) is 7.77. The van der Waals surface area contributed by atoms with Crippen LogP contribution < -0.4 is 5.32 Å². The van der Waals surface area contributed by atoms with Gasteiger partial charge in [-0.05, 0) is 32.3 Å². The van der Waals surface area contributed by atoms with E-state index in [2.05, 4.69) is 40.0 Å². The molecule has 3 rings (SSSR count). The lowest BCUT2D eigenvalue weighted by Gasteiger charge is -2.22. The van der Waals surface area contributed by atoms with Crippen LogP contribution in [0.2, 0.25) is 0 Å². The van der Waals surface area contributed by atoms with Gasteiger partial charge >= 0.3 is 0 Å². The van der Waals surface area contributed by atoms with Gasteiger partial charge in [0.2, 0.25) is 0 Å². The van der Waals surface area contributed by atoms with Crippen LogP contribution in [0.15, 0.2) is 30.7 Å². The lowest BCUT2D eigenvalue weighted by atomic mass is 9.98. The molecule has 0 amide bonds. The first kappa shape index (κ1) is 14.1. The summed E-state index contributed by atoms with van der Waals surface area (Å²) in [6.45, 7) is 6.75. The van der Waals surface area contributed by atoms with Gasteiger partial charge in [0.25, 0.3) is 0 Å². The van der Waals surface area contributed by atoms with Gasteiger partial charge < -0.3 is 14.6 Å². The highest BCUT2D eigenvalue weighted by Crippen LogP contribution is 2.33. The largest absolute Gasteiger partial charge is 0.384 e. The van der Waals surface area contributed by atoms with E-state index in [1.165, 1.54) is 23.2 Å². The molecule has 0 saturated heterocycles. The molecule has 1 aliphatic heterocycles. The summed E-state index contributed by atoms with van der Waals surface area (Å²) in [5.74, 6) is 0. The lowest BCUT2D eigenvalue weighted by molar-refractivity contribution is 0.0643. The van der Waals surface area contributed by atoms with Crippen molar-refractivity contribution in [2.45, 2.75) is 39.3 Å². The van der Waals surface area contributed by atoms with Crippen LogP contribution in [0.3, 0.4) is 0 Å². The van der Waals surface area contributed by atoms with Gasteiger partial charge in [-0.25, -0.2) is 4.98 Å². The highest BCUT2D eigenvalue weighted by atomic mass is 16.5. The second-order valence-electron chi connectivity index (χ2n) is 5.57. The number of aryl methyl sites for hydroxylation is 1. The first-order valence-corrected chi connectivity index (χ1v) is 7.77. The zero-order valence-corrected chi connectivity index (χ0v) is 12.8. The van der Waals surface area contributed by atoms with Crippen LogP contribution in [-0.2, 0) is 17.7 Å². The summed E-state index contributed by atoms with van der Waals surface area (Å²) in [4.78, 5) is 4.34. The number of hydrogen-bond acceptors (Lipinski definition) is 3. The molecule has 2 aromatic rings. The van der Waals surface area contributed by atoms with Crippen molar-refractivity contribution in [3.05, 3.63) is 36.3 Å². The van der Waals surface area contributed by atoms with Crippen LogP contribution in [0, 0.1) is 0 Å². The van der Waals surface area contributed by atoms with E-state index in [0.29, 0.717) is 0 Å². The monoisotopic (exact) mass is 285 g/mol. The van der Waals surface area contributed by atoms with E-state index in [0.717, 1.165) is 31.8 Å². The Morgan fingerprint density at radius 3 is 3.19 bits per heavy atom. The number of ether oxygens (including phenoxy) is 1. The van der Waals surface area contributed by atoms with E-state index >= 15 is 0 Å². The van der Waals surface area contributed by atoms with Crippen molar-refractivity contribution in [3.63, 3.8) is 0 Å². The molecule has 112 valence electrons. The van der Waals surface area contributed by atoms with Gasteiger partial charge in [0, 0.05) is 24.4 Å². The SMILES string of the molecule is CCOC(C)Cn1cncc1-c1cccc2c1NCCC2. The average Bonchev–Trinajstić information content (AvgIpc) is 2.95. The minimum atomic E-state index is 0.190. The minimum absolute atomic E-state index is 0.190. The molecule has 1 aromatic heterocycles. The molecule has 1 atom stereocenters. The van der Waals surface area contributed by atoms with Crippen molar-refractivity contribution in [1.29, 1.82) is 0 Å². The van der Waals surface area contributed by atoms with E-state index in [1.807, 2.05) is 19.4 Å². The second-order valence-corrected chi connectivity index (χ2v) is 5.57. The number of nitrogens with one attached hydrogen (secondary N) is 1. The summed E-state index contributed by atoms with van der Waals surface area (Å²) >= 11 is 0. The van der Waals surface area contributed by atoms with E-state index in [4.69, 9.17) is 4.74 Å². The van der Waals surface area contributed by atoms with Crippen molar-refractivity contribution < 1.29 is 4.74 Å². The summed E-state index contributed by atoms with van der Waals surface area (Å²) < 4.78 is 7.84. The summed E-state index contributed by atoms with van der Waals surface area (Å²) in [5, 5.41) is 3.55. The van der Waals surface area contributed by atoms with Crippen LogP contribution in [0.25, 0.3) is 11.3 Å². The van der Waals surface area contributed by atoms with Crippen molar-refractivity contribution in [1.82, 2.24) is 9.55 Å². The Balaban J connectivity index is 1.93. The molecule has 0 bridgehead atoms. The Morgan fingerprint density at radius 2 is 2.33 bits per heavy atom. The number of nitrogens with zero attached hydrogens (tertiary/aromatic N) is 2. The smallest absolute Gasteiger partial charge is 0.0951 e. The molecule has 4 nitrogen and oxygen atoms in total. The van der Waals surface area contributed by atoms with Crippen LogP contribution in [0.1, 0.15) is 25.8 Å². The predicted molar refractivity (Wildman–Crippen MR) is 85.6 cm³/mol. The molecule has 1 N–H and O–H groups in total. The third-order valence-electron chi connectivity index (χ3n) is 3.97. The molecule has 1 aromatic carbocycles. The maximum absolute atomic E-state index is 5.65. The maximum atomic E-state index is 5.65. The number of hydrogen-bond donors (Lipinski definition) is 1. The average molecular weight is 285 g/mol. The fraction of sp³-hybridized carbons (Fsp3) is 0.471. The highest BCUT2D eigenvalue weighted by molar-refractivity contribution is 5.78. The minimum Gasteiger partial charge on any atom is -0.384 e. The van der Waals surface area contributed by atoms with Gasteiger partial charge in [-0.1, -0.05) is 18.2 Å². The van der Waals surface area contributed by atoms with Crippen molar-refractivity contribution >= 4 is 5.69 Å². The van der Waals surface area contributed by atoms with Gasteiger partial charge in [0.05, 0.1) is 30.9 Å². The first-order chi connectivity index (χ1) is 10.3. The number of imidazole rings is 1. The zero-order valence-electron chi connectivity index (χ0n) is 12.8. The summed E-state index contributed by atoms with van der Waals surface area (Å²) in [7, 11) is 0. The van der Waals surface area contributed by atoms with Gasteiger partial charge in [-0.2, -0.15) is 0 Å². The molecule has 4 heteroatoms. The molecular formula is C17H23N3O. The van der Waals surface area contributed by atoms with Crippen molar-refractivity contribution in [3.8, 4) is 11.3 Å². The molecule has 0 spiro atoms. The Labute approximate surface area is 126 Å². The molecule has 0 saturated carbocycles. The van der Waals surface area contributed by atoms with Crippen molar-refractivity contribution in [2.75, 3.05) is 18.5 Å². The fourth-order valence-corrected chi connectivity index (χ4v) is 3.03. The Morgan fingerprint density at radius 1 is 1.43 bits per heavy atom. The molecular weight excluding hydrogens is 262 g/mol. The Bertz CT molecular complexity index is 606. The van der Waals surface area contributed by atoms with Crippen LogP contribution in [-0.4, -0.2) is 28.8 Å². The third-order valence-corrected chi connectivity index (χ3v) is 3.97. The molecule has 21 heavy (non-hydrogen) atoms. The number of aromatic nitrogens is 2. The number of anilines is 1. The standard InChI is InChI=1S/C17H23N3O/c1-3-21-13(2)11-20-12-18-10-16(20)15-8-4-6-14-7-5-9-19-17(14)15/h4,6,8,10,12-13,19H,3,5,7,9,11H2,1-2H3. The fourth-order valence-electron chi connectivity index (χ4n) is 3.03. The van der Waals surface area contributed by atoms with Crippen LogP contribution in [0.5, 0.6) is 0 Å². The van der Waals surface area contributed by atoms with Gasteiger partial charge in [-0.3, -0.25) is 0 Å². The third kappa shape index (κ3) is 2.95. The van der Waals surface area contributed by atoms with Crippen LogP contribution >= 0.6 is 0 Å². The quantitative estimate of drug-likeness (QED) is 0.916. The van der Waals surface area contributed by atoms with E-state index < -0.39 is 0 Å². The van der Waals surface area contributed by atoms with Crippen molar-refractivity contribution in [2.24, 2.45) is 0 Å². The van der Waals surface area contributed by atoms with E-state index in [9.17, 15) is 0 Å². The molecule has 0 aliphatic carbocycles. The number of rotatable bonds is 5. The molecule has 0 radical (unpaired) electrons. The Hall–Kier alpha value is -1.81. The topological polar surface area (TPSA) is 39.1 Å². The van der Waals surface area contributed by atoms with Crippen LogP contribution in [0.4, 0.5) is 5.69 Å². The van der Waals surface area contributed by atoms with E-state index in [-0.39, 0.29) is 6.10 Å². The summed E-state index contributed by atoms with van der Waals surface area (Å²) in [6, 6.07) is 6.54. The highest BCUT2D eigenvalue weighted by Gasteiger charge is 2.16. The second kappa shape index (κ2) is 6.31. The number of para-hydroxylation sites is 1. The molecule has 0 fully saturated rings. The number of benzene rings is 1. The summed E-state index contributed by atoms with van der Waals surface area (Å²) in [6.07, 6.45) is 6.39. The predicted octanol–water partition coefficient (Wildman–Crippen LogP) is 3.33. The van der Waals surface area contributed by atoms with Gasteiger partial charge in [-0.15, -0.1) is 0 Å². The summed E-state index contributed by atoms with van der Waals surface area (Å²) in [5.41, 5.74) is 5.08. The Kier molecular flexibility index (Phi) is 4.25. The number of fused-ring (bicyclic) bond motifs is 1. The zero-order chi connectivity index (χ0) is 14.7. The molecule has 1 aliphatic rings. The van der Waals surface area contributed by atoms with Gasteiger partial charge in [0.15, 0.2) is 0 Å². The maximum Gasteiger partial charge on any atom is 0.0951 e. The normalized spacial score (nSPS) is 15.3. The molecule has 1 unspecified atom stereocenters. The van der Waals surface area contributed by atoms with E-state index in [1.54, 1.807) is 0 Å².